The molecule has 0 aliphatic carbocycles. The van der Waals surface area contributed by atoms with Crippen LogP contribution in [-0.2, 0) is 19.2 Å². The Balaban J connectivity index is 0.00000423. The van der Waals surface area contributed by atoms with Gasteiger partial charge in [0.25, 0.3) is 11.8 Å². The fraction of sp³-hybridized carbons (Fsp3) is 0.208. The molecule has 1 fully saturated rings. The molecule has 5 N–H and O–H groups in total. The number of amides is 2. The van der Waals surface area contributed by atoms with Gasteiger partial charge in [-0.1, -0.05) is 40.9 Å². The largest absolute Gasteiger partial charge is 1.00 e. The summed E-state index contributed by atoms with van der Waals surface area (Å²) in [5.74, 6) is -2.95. The van der Waals surface area contributed by atoms with Crippen LogP contribution in [0.1, 0.15) is 5.69 Å². The summed E-state index contributed by atoms with van der Waals surface area (Å²) in [7, 11) is 0. The number of nitrogens with zero attached hydrogens (tertiary/aromatic N) is 5. The van der Waals surface area contributed by atoms with Gasteiger partial charge in [-0.15, -0.1) is 33.3 Å². The molecule has 19 heteroatoms. The summed E-state index contributed by atoms with van der Waals surface area (Å²) in [6.45, 7) is 3.55. The second kappa shape index (κ2) is 14.1. The standard InChI is InChI=1S/C24H21N7O7S4.Na/c1-2-5-38-30-15(12-9-40-23(25)26-12)18(34)27-16-20(35)31-17(22(36)37)11(7-39-21(16)31)8-41-24-29-28-19(42-24)10-3-4-13(32)14(33)6-10;/h2-4,6,9,16,21,32-33H,1,5,7-8H2,(H2,25,26)(H,27,34)(H,36,37);/q;+1/p-1/t16-,21-;/m1./s1. The Bertz CT molecular complexity index is 1640. The third kappa shape index (κ3) is 7.00. The Labute approximate surface area is 282 Å². The molecule has 2 atom stereocenters. The number of carbonyl (C=O) groups excluding carboxylic acids is 3. The summed E-state index contributed by atoms with van der Waals surface area (Å²) in [5, 5.41) is 47.6. The van der Waals surface area contributed by atoms with Crippen LogP contribution in [-0.4, -0.2) is 83.3 Å². The van der Waals surface area contributed by atoms with Gasteiger partial charge in [0.1, 0.15) is 28.7 Å². The Hall–Kier alpha value is -3.13. The summed E-state index contributed by atoms with van der Waals surface area (Å²) in [5.41, 5.74) is 6.42. The normalized spacial score (nSPS) is 17.9. The van der Waals surface area contributed by atoms with Crippen molar-refractivity contribution in [2.45, 2.75) is 15.8 Å². The molecule has 0 radical (unpaired) electrons. The molecule has 1 aromatic carbocycles. The molecule has 3 aromatic rings. The van der Waals surface area contributed by atoms with Gasteiger partial charge in [-0.2, -0.15) is 0 Å². The number of nitrogens with one attached hydrogen (secondary N) is 1. The van der Waals surface area contributed by atoms with E-state index in [4.69, 9.17) is 10.6 Å². The van der Waals surface area contributed by atoms with Gasteiger partial charge in [0, 0.05) is 22.4 Å². The number of thiazole rings is 1. The van der Waals surface area contributed by atoms with Gasteiger partial charge >= 0.3 is 29.6 Å². The number of nitrogen functional groups attached to an aromatic ring is 1. The number of phenols is 2. The molecular formula is C24H20N7NaO7S4. The maximum Gasteiger partial charge on any atom is 1.00 e. The second-order valence-electron chi connectivity index (χ2n) is 8.56. The first-order valence-corrected chi connectivity index (χ1v) is 15.6. The molecule has 14 nitrogen and oxygen atoms in total. The summed E-state index contributed by atoms with van der Waals surface area (Å²) in [6.07, 6.45) is 1.44. The first-order chi connectivity index (χ1) is 20.2. The molecule has 0 spiro atoms. The number of rotatable bonds is 11. The molecule has 43 heavy (non-hydrogen) atoms. The van der Waals surface area contributed by atoms with E-state index in [0.717, 1.165) is 16.2 Å². The van der Waals surface area contributed by atoms with Crippen LogP contribution in [0.5, 0.6) is 11.5 Å². The van der Waals surface area contributed by atoms with Crippen molar-refractivity contribution < 1.29 is 64.1 Å². The van der Waals surface area contributed by atoms with E-state index in [1.54, 1.807) is 6.07 Å². The maximum atomic E-state index is 13.1. The minimum Gasteiger partial charge on any atom is -0.543 e. The molecule has 2 amide bonds. The van der Waals surface area contributed by atoms with Crippen LogP contribution in [0.2, 0.25) is 0 Å². The number of thioether (sulfide) groups is 2. The van der Waals surface area contributed by atoms with Crippen molar-refractivity contribution in [1.82, 2.24) is 25.4 Å². The van der Waals surface area contributed by atoms with Crippen molar-refractivity contribution in [3.63, 3.8) is 0 Å². The number of phenolic OH excluding ortho intramolecular Hbond substituents is 2. The molecule has 2 aromatic heterocycles. The van der Waals surface area contributed by atoms with E-state index in [0.29, 0.717) is 20.5 Å². The summed E-state index contributed by atoms with van der Waals surface area (Å²) < 4.78 is 0.531. The first-order valence-electron chi connectivity index (χ1n) is 11.9. The Morgan fingerprint density at radius 3 is 2.79 bits per heavy atom. The van der Waals surface area contributed by atoms with E-state index in [1.165, 1.54) is 58.4 Å². The Kier molecular flexibility index (Phi) is 10.8. The third-order valence-corrected chi connectivity index (χ3v) is 10.1. The number of oxime groups is 1. The molecule has 0 unspecified atom stereocenters. The van der Waals surface area contributed by atoms with Gasteiger partial charge in [-0.3, -0.25) is 14.5 Å². The molecule has 218 valence electrons. The number of benzene rings is 1. The molecule has 5 rings (SSSR count). The van der Waals surface area contributed by atoms with Crippen molar-refractivity contribution in [3.8, 4) is 22.1 Å². The van der Waals surface area contributed by atoms with E-state index in [1.807, 2.05) is 0 Å². The van der Waals surface area contributed by atoms with Crippen molar-refractivity contribution in [2.24, 2.45) is 5.16 Å². The van der Waals surface area contributed by atoms with Gasteiger partial charge in [-0.05, 0) is 23.8 Å². The first kappa shape index (κ1) is 32.8. The quantitative estimate of drug-likeness (QED) is 0.0249. The number of hydrogen-bond donors (Lipinski definition) is 4. The van der Waals surface area contributed by atoms with Gasteiger partial charge in [0.2, 0.25) is 0 Å². The molecular weight excluding hydrogens is 650 g/mol. The SMILES string of the molecule is C=CCON=C(C(=O)N[C@@H]1C(=O)N2C(C(=O)[O-])=C(CSc3nnc(-c4ccc(O)c(O)c4)s3)CS[C@H]12)c1csc(N)n1.[Na+]. The predicted molar refractivity (Wildman–Crippen MR) is 156 cm³/mol. The van der Waals surface area contributed by atoms with Crippen LogP contribution in [0.4, 0.5) is 5.13 Å². The van der Waals surface area contributed by atoms with E-state index in [2.05, 4.69) is 32.2 Å². The molecule has 0 saturated carbocycles. The number of hydrogen-bond acceptors (Lipinski definition) is 16. The molecule has 0 bridgehead atoms. The summed E-state index contributed by atoms with van der Waals surface area (Å²) in [6, 6.07) is 3.27. The number of carbonyl (C=O) groups is 3. The number of carboxylic acids is 1. The predicted octanol–water partition coefficient (Wildman–Crippen LogP) is -2.24. The van der Waals surface area contributed by atoms with E-state index in [-0.39, 0.29) is 81.4 Å². The number of anilines is 1. The number of carboxylic acid groups (broad SMARTS) is 1. The molecule has 2 aliphatic rings. The van der Waals surface area contributed by atoms with Crippen LogP contribution in [0, 0.1) is 0 Å². The number of nitrogens with two attached hydrogens (primary N) is 1. The Morgan fingerprint density at radius 1 is 1.33 bits per heavy atom. The second-order valence-corrected chi connectivity index (χ2v) is 12.8. The average Bonchev–Trinajstić information content (AvgIpc) is 3.62. The van der Waals surface area contributed by atoms with E-state index < -0.39 is 29.2 Å². The number of aliphatic carboxylic acids is 1. The maximum absolute atomic E-state index is 13.1. The van der Waals surface area contributed by atoms with Crippen LogP contribution in [0.25, 0.3) is 10.6 Å². The minimum absolute atomic E-state index is 0. The number of aromatic hydroxyl groups is 2. The monoisotopic (exact) mass is 669 g/mol. The van der Waals surface area contributed by atoms with Gasteiger partial charge in [-0.25, -0.2) is 4.98 Å². The average molecular weight is 670 g/mol. The minimum atomic E-state index is -1.51. The zero-order valence-electron chi connectivity index (χ0n) is 22.3. The Morgan fingerprint density at radius 2 is 2.12 bits per heavy atom. The van der Waals surface area contributed by atoms with Crippen LogP contribution >= 0.6 is 46.2 Å². The van der Waals surface area contributed by atoms with Gasteiger partial charge in [0.05, 0.1) is 11.7 Å². The topological polar surface area (TPSA) is 216 Å². The molecule has 1 saturated heterocycles. The number of aromatic nitrogens is 3. The van der Waals surface area contributed by atoms with E-state index >= 15 is 0 Å². The third-order valence-electron chi connectivity index (χ3n) is 5.85. The summed E-state index contributed by atoms with van der Waals surface area (Å²) >= 11 is 4.85. The fourth-order valence-electron chi connectivity index (χ4n) is 3.94. The zero-order chi connectivity index (χ0) is 30.0. The van der Waals surface area contributed by atoms with E-state index in [9.17, 15) is 29.7 Å². The van der Waals surface area contributed by atoms with Crippen molar-refractivity contribution in [1.29, 1.82) is 0 Å². The number of fused-ring (bicyclic) bond motifs is 1. The van der Waals surface area contributed by atoms with Gasteiger partial charge < -0.3 is 36.0 Å². The smallest absolute Gasteiger partial charge is 0.543 e. The van der Waals surface area contributed by atoms with Gasteiger partial charge in [0.15, 0.2) is 26.7 Å². The van der Waals surface area contributed by atoms with Crippen LogP contribution < -0.4 is 45.7 Å². The van der Waals surface area contributed by atoms with Crippen molar-refractivity contribution >= 4 is 74.8 Å². The molecule has 2 aliphatic heterocycles. The van der Waals surface area contributed by atoms with Crippen molar-refractivity contribution in [2.75, 3.05) is 23.8 Å². The molecule has 4 heterocycles. The van der Waals surface area contributed by atoms with Crippen LogP contribution in [0.3, 0.4) is 0 Å². The summed E-state index contributed by atoms with van der Waals surface area (Å²) in [4.78, 5) is 48.5. The van der Waals surface area contributed by atoms with Crippen molar-refractivity contribution in [3.05, 3.63) is 53.2 Å². The fourth-order valence-corrected chi connectivity index (χ4v) is 7.82. The van der Waals surface area contributed by atoms with Crippen LogP contribution in [0.15, 0.2) is 57.0 Å². The zero-order valence-corrected chi connectivity index (χ0v) is 27.5. The number of β-lactam (4-membered cyclic amide) rings is 1.